The van der Waals surface area contributed by atoms with Crippen molar-refractivity contribution < 1.29 is 33.4 Å². The summed E-state index contributed by atoms with van der Waals surface area (Å²) in [6.45, 7) is 10.2. The Labute approximate surface area is 334 Å². The number of benzene rings is 3. The number of β-amino-alcohol motifs (C(OH)–C–C–N with tert-alkyl or cyclic N) is 1. The first-order chi connectivity index (χ1) is 27.9. The highest BCUT2D eigenvalue weighted by atomic mass is 19.1. The van der Waals surface area contributed by atoms with E-state index < -0.39 is 22.5 Å². The van der Waals surface area contributed by atoms with Crippen molar-refractivity contribution >= 4 is 44.9 Å². The number of fused-ring (bicyclic) bond motifs is 3. The van der Waals surface area contributed by atoms with E-state index in [1.54, 1.807) is 12.3 Å². The first-order valence-electron chi connectivity index (χ1n) is 19.4. The molecule has 0 amide bonds. The highest BCUT2D eigenvalue weighted by molar-refractivity contribution is 6.06. The van der Waals surface area contributed by atoms with Crippen LogP contribution in [0.15, 0.2) is 67.4 Å². The van der Waals surface area contributed by atoms with Gasteiger partial charge in [-0.2, -0.15) is 9.97 Å². The number of allylic oxidation sites excluding steroid dienone is 1. The number of anilines is 1. The lowest BCUT2D eigenvalue weighted by Crippen LogP contribution is -2.48. The van der Waals surface area contributed by atoms with Crippen molar-refractivity contribution in [2.45, 2.75) is 69.6 Å². The topological polar surface area (TPSA) is 153 Å². The highest BCUT2D eigenvalue weighted by Crippen LogP contribution is 2.44. The summed E-state index contributed by atoms with van der Waals surface area (Å²) in [7, 11) is 0. The number of piperidine rings is 1. The van der Waals surface area contributed by atoms with Crippen molar-refractivity contribution in [3.63, 3.8) is 0 Å². The monoisotopic (exact) mass is 786 g/mol. The number of halogens is 1. The van der Waals surface area contributed by atoms with Crippen LogP contribution in [0.3, 0.4) is 0 Å². The van der Waals surface area contributed by atoms with E-state index in [9.17, 15) is 20.0 Å². The molecule has 8 rings (SSSR count). The van der Waals surface area contributed by atoms with Gasteiger partial charge < -0.3 is 24.2 Å². The molecule has 2 aromatic heterocycles. The zero-order chi connectivity index (χ0) is 40.8. The Hall–Kier alpha value is -6.17. The van der Waals surface area contributed by atoms with Gasteiger partial charge in [0.05, 0.1) is 38.2 Å². The number of terminal acetylenes is 1. The Morgan fingerprint density at radius 3 is 2.66 bits per heavy atom. The molecule has 3 saturated heterocycles. The fourth-order valence-electron chi connectivity index (χ4n) is 8.97. The third-order valence-corrected chi connectivity index (χ3v) is 11.6. The molecule has 0 bridgehead atoms. The number of aromatic nitrogens is 3. The molecule has 14 heteroatoms. The molecule has 3 fully saturated rings. The molecule has 13 nitrogen and oxygen atoms in total. The summed E-state index contributed by atoms with van der Waals surface area (Å²) in [5, 5.41) is 24.1. The van der Waals surface area contributed by atoms with Gasteiger partial charge in [0.1, 0.15) is 30.6 Å². The van der Waals surface area contributed by atoms with Gasteiger partial charge in [0.15, 0.2) is 0 Å². The predicted octanol–water partition coefficient (Wildman–Crippen LogP) is 7.85. The van der Waals surface area contributed by atoms with Gasteiger partial charge in [-0.3, -0.25) is 20.0 Å². The molecule has 298 valence electrons. The second-order valence-corrected chi connectivity index (χ2v) is 15.8. The maximum atomic E-state index is 15.1. The third kappa shape index (κ3) is 7.27. The fraction of sp³-hybridized carbons (Fsp3) is 0.364. The summed E-state index contributed by atoms with van der Waals surface area (Å²) in [6.07, 6.45) is 11.5. The average Bonchev–Trinajstić information content (AvgIpc) is 3.77. The van der Waals surface area contributed by atoms with E-state index in [4.69, 9.17) is 35.6 Å². The van der Waals surface area contributed by atoms with Crippen LogP contribution in [-0.4, -0.2) is 86.1 Å². The quantitative estimate of drug-likeness (QED) is 0.0482. The van der Waals surface area contributed by atoms with Crippen LogP contribution in [0.1, 0.15) is 63.5 Å². The smallest absolute Gasteiger partial charge is 0.461 e. The molecule has 0 radical (unpaired) electrons. The second kappa shape index (κ2) is 15.3. The van der Waals surface area contributed by atoms with Crippen LogP contribution in [0.5, 0.6) is 11.8 Å². The molecule has 0 saturated carbocycles. The summed E-state index contributed by atoms with van der Waals surface area (Å²) in [6, 6.07) is 14.0. The van der Waals surface area contributed by atoms with Crippen molar-refractivity contribution in [1.29, 1.82) is 0 Å². The Morgan fingerprint density at radius 2 is 1.91 bits per heavy atom. The summed E-state index contributed by atoms with van der Waals surface area (Å²) in [5.74, 6) is 2.77. The van der Waals surface area contributed by atoms with Crippen LogP contribution in [0.25, 0.3) is 38.5 Å². The van der Waals surface area contributed by atoms with Gasteiger partial charge in [-0.15, -0.1) is 6.42 Å². The molecular weight excluding hydrogens is 744 g/mol. The van der Waals surface area contributed by atoms with Crippen LogP contribution in [0, 0.1) is 28.3 Å². The number of non-ortho nitro benzene ring substituents is 1. The summed E-state index contributed by atoms with van der Waals surface area (Å²) in [4.78, 5) is 42.4. The van der Waals surface area contributed by atoms with Crippen molar-refractivity contribution in [2.75, 3.05) is 37.7 Å². The van der Waals surface area contributed by atoms with Crippen molar-refractivity contribution in [2.24, 2.45) is 0 Å². The Balaban J connectivity index is 1.11. The molecule has 0 unspecified atom stereocenters. The van der Waals surface area contributed by atoms with E-state index in [0.717, 1.165) is 44.0 Å². The molecule has 3 atom stereocenters. The molecule has 5 aromatic rings. The number of aliphatic hydroxyl groups is 1. The summed E-state index contributed by atoms with van der Waals surface area (Å²) < 4.78 is 32.5. The van der Waals surface area contributed by atoms with Crippen molar-refractivity contribution in [3.05, 3.63) is 94.4 Å². The number of nitro benzene ring substituents is 1. The van der Waals surface area contributed by atoms with Gasteiger partial charge in [-0.1, -0.05) is 36.8 Å². The van der Waals surface area contributed by atoms with E-state index >= 15 is 4.39 Å². The molecule has 3 aromatic carbocycles. The van der Waals surface area contributed by atoms with Crippen LogP contribution in [-0.2, 0) is 4.74 Å². The van der Waals surface area contributed by atoms with Crippen molar-refractivity contribution in [1.82, 2.24) is 19.9 Å². The average molecular weight is 787 g/mol. The zero-order valence-electron chi connectivity index (χ0n) is 32.4. The number of hydrogen-bond donors (Lipinski definition) is 1. The zero-order valence-corrected chi connectivity index (χ0v) is 32.4. The van der Waals surface area contributed by atoms with Crippen LogP contribution < -0.4 is 14.4 Å². The fourth-order valence-corrected chi connectivity index (χ4v) is 8.97. The highest BCUT2D eigenvalue weighted by Gasteiger charge is 2.50. The maximum Gasteiger partial charge on any atom is 0.513 e. The molecule has 1 N–H and O–H groups in total. The molecular formula is C44H43FN6O7. The van der Waals surface area contributed by atoms with Gasteiger partial charge in [0.25, 0.3) is 5.69 Å². The minimum atomic E-state index is -0.932. The number of carbonyl (C=O) groups is 1. The molecule has 5 heterocycles. The molecule has 3 aliphatic heterocycles. The largest absolute Gasteiger partial charge is 0.513 e. The SMILES string of the molecule is C#Cc1c(F)ccc2cccc(-c3ncc4c(N5CCC[C@@](C)(O)C5)nc(OC[C@@]56CCCN5[C@H](COC(=O)Oc5ccc([N+](=O)[O-])cc5)CC6)nc4c3C(=C)C)c12. The number of nitrogens with zero attached hydrogens (tertiary/aromatic N) is 6. The number of rotatable bonds is 10. The van der Waals surface area contributed by atoms with Gasteiger partial charge in [0.2, 0.25) is 0 Å². The third-order valence-electron chi connectivity index (χ3n) is 11.6. The van der Waals surface area contributed by atoms with Crippen molar-refractivity contribution in [3.8, 4) is 35.4 Å². The van der Waals surface area contributed by atoms with Crippen LogP contribution in [0.2, 0.25) is 0 Å². The summed E-state index contributed by atoms with van der Waals surface area (Å²) >= 11 is 0. The lowest BCUT2D eigenvalue weighted by molar-refractivity contribution is -0.384. The van der Waals surface area contributed by atoms with Gasteiger partial charge >= 0.3 is 12.2 Å². The van der Waals surface area contributed by atoms with E-state index in [0.29, 0.717) is 64.0 Å². The molecule has 0 spiro atoms. The van der Waals surface area contributed by atoms with Crippen LogP contribution >= 0.6 is 0 Å². The second-order valence-electron chi connectivity index (χ2n) is 15.8. The van der Waals surface area contributed by atoms with E-state index in [1.165, 1.54) is 30.3 Å². The van der Waals surface area contributed by atoms with Gasteiger partial charge in [-0.05, 0) is 88.1 Å². The number of nitro groups is 1. The molecule has 0 aliphatic carbocycles. The summed E-state index contributed by atoms with van der Waals surface area (Å²) in [5.41, 5.74) is 1.83. The lowest BCUT2D eigenvalue weighted by atomic mass is 9.92. The Bertz CT molecular complexity index is 2500. The van der Waals surface area contributed by atoms with E-state index in [1.807, 2.05) is 36.9 Å². The molecule has 3 aliphatic rings. The Morgan fingerprint density at radius 1 is 1.12 bits per heavy atom. The van der Waals surface area contributed by atoms with E-state index in [-0.39, 0.29) is 47.8 Å². The Kier molecular flexibility index (Phi) is 10.2. The molecule has 58 heavy (non-hydrogen) atoms. The first kappa shape index (κ1) is 38.7. The predicted molar refractivity (Wildman–Crippen MR) is 217 cm³/mol. The van der Waals surface area contributed by atoms with E-state index in [2.05, 4.69) is 17.4 Å². The first-order valence-corrected chi connectivity index (χ1v) is 19.4. The van der Waals surface area contributed by atoms with Crippen LogP contribution in [0.4, 0.5) is 20.7 Å². The van der Waals surface area contributed by atoms with Gasteiger partial charge in [-0.25, -0.2) is 9.18 Å². The minimum Gasteiger partial charge on any atom is -0.461 e. The standard InChI is InChI=1S/C44H43FN6O7/c1-5-32-35(45)16-11-28-9-6-10-33(37(28)32)38-36(27(2)3)39-34(23-46-38)40(49-21-7-18-43(4,53)25-49)48-41(47-39)57-26-44-19-8-22-50(44)30(17-20-44)24-56-42(52)58-31-14-12-29(13-15-31)51(54)55/h1,6,9-16,23,30,53H,2,7-8,17-22,24-26H2,3-4H3/t30-,43+,44-/m0/s1. The normalized spacial score (nSPS) is 21.8. The number of ether oxygens (including phenoxy) is 3. The number of pyridine rings is 1. The minimum absolute atomic E-state index is 0.0683. The number of carbonyl (C=O) groups excluding carboxylic acids is 1. The number of hydrogen-bond acceptors (Lipinski definition) is 12. The lowest BCUT2D eigenvalue weighted by Gasteiger charge is -2.38. The maximum absolute atomic E-state index is 15.1. The van der Waals surface area contributed by atoms with Gasteiger partial charge in [0, 0.05) is 54.0 Å².